The van der Waals surface area contributed by atoms with Gasteiger partial charge in [0.1, 0.15) is 0 Å². The van der Waals surface area contributed by atoms with Crippen LogP contribution in [0, 0.1) is 0 Å². The molecule has 5 rings (SSSR count). The molecule has 190 valence electrons. The lowest BCUT2D eigenvalue weighted by atomic mass is 9.96. The Bertz CT molecular complexity index is 1420. The first-order chi connectivity index (χ1) is 17.9. The summed E-state index contributed by atoms with van der Waals surface area (Å²) in [4.78, 5) is 14.7. The Labute approximate surface area is 224 Å². The number of sulfonamides is 1. The molecule has 0 bridgehead atoms. The minimum Gasteiger partial charge on any atom is -0.296 e. The molecule has 0 atom stereocenters. The molecule has 1 N–H and O–H groups in total. The fourth-order valence-corrected chi connectivity index (χ4v) is 6.91. The van der Waals surface area contributed by atoms with Crippen LogP contribution in [0.1, 0.15) is 27.5 Å². The van der Waals surface area contributed by atoms with Crippen molar-refractivity contribution in [1.29, 1.82) is 0 Å². The first kappa shape index (κ1) is 25.5. The third-order valence-corrected chi connectivity index (χ3v) is 9.50. The van der Waals surface area contributed by atoms with Crippen molar-refractivity contribution in [2.75, 3.05) is 31.5 Å². The molecule has 1 saturated heterocycles. The number of carbonyl (C=O) groups excluding carboxylic acids is 1. The van der Waals surface area contributed by atoms with E-state index in [-0.39, 0.29) is 15.5 Å². The predicted octanol–water partition coefficient (Wildman–Crippen LogP) is 4.54. The zero-order valence-electron chi connectivity index (χ0n) is 19.7. The van der Waals surface area contributed by atoms with Crippen molar-refractivity contribution >= 4 is 44.0 Å². The lowest BCUT2D eigenvalue weighted by Crippen LogP contribution is -2.49. The Balaban J connectivity index is 1.27. The first-order valence-corrected chi connectivity index (χ1v) is 14.3. The monoisotopic (exact) mass is 553 g/mol. The summed E-state index contributed by atoms with van der Waals surface area (Å²) in [5.41, 5.74) is 2.71. The highest BCUT2D eigenvalue weighted by Gasteiger charge is 2.34. The molecule has 0 saturated carbocycles. The Morgan fingerprint density at radius 3 is 1.97 bits per heavy atom. The first-order valence-electron chi connectivity index (χ1n) is 11.7. The molecule has 1 fully saturated rings. The summed E-state index contributed by atoms with van der Waals surface area (Å²) in [6.45, 7) is 1.77. The van der Waals surface area contributed by atoms with Crippen LogP contribution in [0.3, 0.4) is 0 Å². The van der Waals surface area contributed by atoms with Gasteiger partial charge in [-0.2, -0.15) is 4.31 Å². The molecule has 1 amide bonds. The number of amides is 1. The number of benzene rings is 3. The minimum atomic E-state index is -3.84. The van der Waals surface area contributed by atoms with E-state index in [1.165, 1.54) is 4.31 Å². The van der Waals surface area contributed by atoms with E-state index < -0.39 is 15.9 Å². The van der Waals surface area contributed by atoms with Gasteiger partial charge in [-0.15, -0.1) is 10.2 Å². The summed E-state index contributed by atoms with van der Waals surface area (Å²) >= 11 is 6.70. The number of aromatic nitrogens is 2. The summed E-state index contributed by atoms with van der Waals surface area (Å²) in [5.74, 6) is -0.418. The van der Waals surface area contributed by atoms with Crippen molar-refractivity contribution in [1.82, 2.24) is 19.4 Å². The number of rotatable bonds is 7. The van der Waals surface area contributed by atoms with Crippen molar-refractivity contribution in [3.63, 3.8) is 0 Å². The average molecular weight is 554 g/mol. The number of nitrogens with one attached hydrogen (secondary N) is 1. The molecule has 1 aliphatic rings. The van der Waals surface area contributed by atoms with Gasteiger partial charge in [-0.05, 0) is 35.4 Å². The van der Waals surface area contributed by atoms with Crippen molar-refractivity contribution in [3.8, 4) is 0 Å². The quantitative estimate of drug-likeness (QED) is 0.338. The lowest BCUT2D eigenvalue weighted by Gasteiger charge is -2.38. The summed E-state index contributed by atoms with van der Waals surface area (Å²) in [6, 6.07) is 26.8. The van der Waals surface area contributed by atoms with Gasteiger partial charge in [0.25, 0.3) is 15.9 Å². The summed E-state index contributed by atoms with van der Waals surface area (Å²) < 4.78 is 27.9. The molecule has 0 aliphatic carbocycles. The van der Waals surface area contributed by atoms with Crippen LogP contribution >= 0.6 is 22.9 Å². The molecule has 0 radical (unpaired) electrons. The standard InChI is InChI=1S/C26H24ClN5O3S2/c27-22-13-11-21(12-14-22)24(33)28-25-29-30-26(36-25)37(34,35)32-17-15-31(16-18-32)23(19-7-3-1-4-8-19)20-9-5-2-6-10-20/h1-14,23H,15-18H2,(H,28,29,33). The van der Waals surface area contributed by atoms with E-state index in [2.05, 4.69) is 44.7 Å². The molecular weight excluding hydrogens is 530 g/mol. The van der Waals surface area contributed by atoms with E-state index in [9.17, 15) is 13.2 Å². The van der Waals surface area contributed by atoms with Gasteiger partial charge in [0.15, 0.2) is 0 Å². The second-order valence-electron chi connectivity index (χ2n) is 8.50. The van der Waals surface area contributed by atoms with Crippen LogP contribution in [-0.2, 0) is 10.0 Å². The van der Waals surface area contributed by atoms with Crippen LogP contribution in [0.2, 0.25) is 5.02 Å². The topological polar surface area (TPSA) is 95.5 Å². The molecule has 1 aromatic heterocycles. The van der Waals surface area contributed by atoms with Crippen molar-refractivity contribution in [2.45, 2.75) is 10.4 Å². The van der Waals surface area contributed by atoms with Crippen molar-refractivity contribution in [2.24, 2.45) is 0 Å². The van der Waals surface area contributed by atoms with Gasteiger partial charge in [-0.3, -0.25) is 15.0 Å². The Morgan fingerprint density at radius 2 is 1.41 bits per heavy atom. The van der Waals surface area contributed by atoms with Crippen LogP contribution in [0.15, 0.2) is 89.3 Å². The summed E-state index contributed by atoms with van der Waals surface area (Å²) in [6.07, 6.45) is 0. The van der Waals surface area contributed by atoms with Crippen LogP contribution in [0.25, 0.3) is 0 Å². The number of piperazine rings is 1. The van der Waals surface area contributed by atoms with Gasteiger partial charge in [0.05, 0.1) is 6.04 Å². The SMILES string of the molecule is O=C(Nc1nnc(S(=O)(=O)N2CCN(C(c3ccccc3)c3ccccc3)CC2)s1)c1ccc(Cl)cc1. The third-order valence-electron chi connectivity index (χ3n) is 6.16. The van der Waals surface area contributed by atoms with Gasteiger partial charge in [0, 0.05) is 36.8 Å². The molecule has 0 spiro atoms. The maximum absolute atomic E-state index is 13.3. The Hall–Kier alpha value is -3.15. The number of halogens is 1. The fourth-order valence-electron chi connectivity index (χ4n) is 4.33. The maximum Gasteiger partial charge on any atom is 0.272 e. The second-order valence-corrected chi connectivity index (χ2v) is 12.0. The van der Waals surface area contributed by atoms with Gasteiger partial charge in [-0.1, -0.05) is 83.6 Å². The number of anilines is 1. The minimum absolute atomic E-state index is 0.0310. The fraction of sp³-hybridized carbons (Fsp3) is 0.192. The van der Waals surface area contributed by atoms with Gasteiger partial charge in [-0.25, -0.2) is 8.42 Å². The molecule has 4 aromatic rings. The van der Waals surface area contributed by atoms with E-state index in [0.29, 0.717) is 36.8 Å². The van der Waals surface area contributed by atoms with E-state index in [0.717, 1.165) is 22.5 Å². The molecular formula is C26H24ClN5O3S2. The lowest BCUT2D eigenvalue weighted by molar-refractivity contribution is 0.102. The van der Waals surface area contributed by atoms with Crippen LogP contribution in [0.4, 0.5) is 5.13 Å². The van der Waals surface area contributed by atoms with E-state index in [1.807, 2.05) is 36.4 Å². The third kappa shape index (κ3) is 5.73. The molecule has 37 heavy (non-hydrogen) atoms. The van der Waals surface area contributed by atoms with Crippen LogP contribution in [0.5, 0.6) is 0 Å². The maximum atomic E-state index is 13.3. The molecule has 8 nitrogen and oxygen atoms in total. The Kier molecular flexibility index (Phi) is 7.63. The number of hydrogen-bond acceptors (Lipinski definition) is 7. The zero-order valence-corrected chi connectivity index (χ0v) is 22.1. The van der Waals surface area contributed by atoms with Gasteiger partial charge in [0.2, 0.25) is 9.47 Å². The van der Waals surface area contributed by atoms with Gasteiger partial charge >= 0.3 is 0 Å². The van der Waals surface area contributed by atoms with E-state index in [4.69, 9.17) is 11.6 Å². The smallest absolute Gasteiger partial charge is 0.272 e. The number of hydrogen-bond donors (Lipinski definition) is 1. The number of carbonyl (C=O) groups is 1. The normalized spacial score (nSPS) is 15.1. The largest absolute Gasteiger partial charge is 0.296 e. The Morgan fingerprint density at radius 1 is 0.838 bits per heavy atom. The summed E-state index contributed by atoms with van der Waals surface area (Å²) in [5, 5.41) is 11.0. The second kappa shape index (κ2) is 11.1. The van der Waals surface area contributed by atoms with E-state index >= 15 is 0 Å². The highest BCUT2D eigenvalue weighted by molar-refractivity contribution is 7.91. The molecule has 3 aromatic carbocycles. The van der Waals surface area contributed by atoms with Crippen molar-refractivity contribution < 1.29 is 13.2 Å². The number of nitrogens with zero attached hydrogens (tertiary/aromatic N) is 4. The average Bonchev–Trinajstić information content (AvgIpc) is 3.40. The van der Waals surface area contributed by atoms with Crippen LogP contribution in [-0.4, -0.2) is 59.9 Å². The summed E-state index contributed by atoms with van der Waals surface area (Å²) in [7, 11) is -3.84. The van der Waals surface area contributed by atoms with Crippen molar-refractivity contribution in [3.05, 3.63) is 107 Å². The highest BCUT2D eigenvalue weighted by Crippen LogP contribution is 2.31. The predicted molar refractivity (Wildman–Crippen MR) is 144 cm³/mol. The molecule has 1 aliphatic heterocycles. The van der Waals surface area contributed by atoms with E-state index in [1.54, 1.807) is 24.3 Å². The molecule has 2 heterocycles. The molecule has 11 heteroatoms. The zero-order chi connectivity index (χ0) is 25.8. The highest BCUT2D eigenvalue weighted by atomic mass is 35.5. The molecule has 0 unspecified atom stereocenters. The van der Waals surface area contributed by atoms with Crippen LogP contribution < -0.4 is 5.32 Å². The van der Waals surface area contributed by atoms with Gasteiger partial charge < -0.3 is 0 Å².